The molecule has 6 heteroatoms. The Kier molecular flexibility index (Phi) is 2.40. The maximum absolute atomic E-state index is 10.4. The van der Waals surface area contributed by atoms with Crippen molar-refractivity contribution in [2.24, 2.45) is 5.18 Å². The third kappa shape index (κ3) is 1.69. The van der Waals surface area contributed by atoms with Crippen LogP contribution in [0.15, 0.2) is 36.0 Å². The summed E-state index contributed by atoms with van der Waals surface area (Å²) in [5.41, 5.74) is 1.03. The lowest BCUT2D eigenvalue weighted by Gasteiger charge is -2.05. The Hall–Kier alpha value is -2.24. The third-order valence-electron chi connectivity index (χ3n) is 1.94. The molecule has 0 saturated carbocycles. The molecule has 0 radical (unpaired) electrons. The first-order chi connectivity index (χ1) is 7.35. The molecule has 6 nitrogen and oxygen atoms in total. The van der Waals surface area contributed by atoms with Gasteiger partial charge in [-0.15, -0.1) is 4.91 Å². The van der Waals surface area contributed by atoms with Crippen molar-refractivity contribution < 1.29 is 4.74 Å². The van der Waals surface area contributed by atoms with Crippen molar-refractivity contribution >= 4 is 5.69 Å². The van der Waals surface area contributed by atoms with Crippen LogP contribution in [0, 0.1) is 4.91 Å². The van der Waals surface area contributed by atoms with Gasteiger partial charge in [0, 0.05) is 6.07 Å². The van der Waals surface area contributed by atoms with Gasteiger partial charge in [-0.25, -0.2) is 9.67 Å². The fourth-order valence-corrected chi connectivity index (χ4v) is 1.23. The molecule has 1 aromatic carbocycles. The van der Waals surface area contributed by atoms with Crippen LogP contribution < -0.4 is 4.74 Å². The number of benzene rings is 1. The summed E-state index contributed by atoms with van der Waals surface area (Å²) < 4.78 is 6.59. The first-order valence-corrected chi connectivity index (χ1v) is 4.21. The molecule has 0 aliphatic rings. The van der Waals surface area contributed by atoms with Crippen LogP contribution in [-0.4, -0.2) is 21.9 Å². The third-order valence-corrected chi connectivity index (χ3v) is 1.94. The first kappa shape index (κ1) is 9.32. The van der Waals surface area contributed by atoms with Crippen molar-refractivity contribution in [3.8, 4) is 11.4 Å². The highest BCUT2D eigenvalue weighted by atomic mass is 16.5. The molecule has 76 valence electrons. The van der Waals surface area contributed by atoms with Gasteiger partial charge in [0.1, 0.15) is 24.1 Å². The highest BCUT2D eigenvalue weighted by molar-refractivity contribution is 5.56. The lowest BCUT2D eigenvalue weighted by atomic mass is 10.2. The minimum atomic E-state index is 0.265. The Balaban J connectivity index is 2.48. The predicted octanol–water partition coefficient (Wildman–Crippen LogP) is 1.67. The topological polar surface area (TPSA) is 69.4 Å². The van der Waals surface area contributed by atoms with Crippen LogP contribution in [0.4, 0.5) is 5.69 Å². The van der Waals surface area contributed by atoms with Crippen molar-refractivity contribution in [2.45, 2.75) is 0 Å². The largest absolute Gasteiger partial charge is 0.494 e. The van der Waals surface area contributed by atoms with E-state index in [9.17, 15) is 4.91 Å². The highest BCUT2D eigenvalue weighted by Crippen LogP contribution is 2.28. The summed E-state index contributed by atoms with van der Waals surface area (Å²) >= 11 is 0. The standard InChI is InChI=1S/C9H8N4O2/c1-15-9-4-7(2-3-8(9)12-14)13-6-10-5-11-13/h2-6H,1H3. The van der Waals surface area contributed by atoms with Crippen molar-refractivity contribution in [1.82, 2.24) is 14.8 Å². The zero-order chi connectivity index (χ0) is 10.7. The second kappa shape index (κ2) is 3.87. The molecule has 0 unspecified atom stereocenters. The van der Waals surface area contributed by atoms with Gasteiger partial charge in [-0.1, -0.05) is 0 Å². The Labute approximate surface area is 85.5 Å². The summed E-state index contributed by atoms with van der Waals surface area (Å²) in [7, 11) is 1.48. The number of nitrogens with zero attached hydrogens (tertiary/aromatic N) is 4. The summed E-state index contributed by atoms with van der Waals surface area (Å²) in [5, 5.41) is 6.80. The number of rotatable bonds is 3. The molecular weight excluding hydrogens is 196 g/mol. The molecule has 0 saturated heterocycles. The van der Waals surface area contributed by atoms with Gasteiger partial charge in [0.15, 0.2) is 0 Å². The molecule has 0 bridgehead atoms. The SMILES string of the molecule is COc1cc(-n2cncn2)ccc1N=O. The van der Waals surface area contributed by atoms with E-state index in [0.717, 1.165) is 5.69 Å². The molecular formula is C9H8N4O2. The fraction of sp³-hybridized carbons (Fsp3) is 0.111. The summed E-state index contributed by atoms with van der Waals surface area (Å²) in [6.07, 6.45) is 2.99. The van der Waals surface area contributed by atoms with E-state index in [1.807, 2.05) is 0 Å². The molecule has 1 aromatic heterocycles. The first-order valence-electron chi connectivity index (χ1n) is 4.21. The minimum Gasteiger partial charge on any atom is -0.494 e. The summed E-state index contributed by atoms with van der Waals surface area (Å²) in [6, 6.07) is 4.96. The summed E-state index contributed by atoms with van der Waals surface area (Å²) in [5.74, 6) is 0.415. The highest BCUT2D eigenvalue weighted by Gasteiger charge is 2.05. The molecule has 2 rings (SSSR count). The van der Waals surface area contributed by atoms with E-state index in [2.05, 4.69) is 15.3 Å². The molecule has 0 N–H and O–H groups in total. The second-order valence-corrected chi connectivity index (χ2v) is 2.79. The fourth-order valence-electron chi connectivity index (χ4n) is 1.23. The molecule has 0 aliphatic carbocycles. The second-order valence-electron chi connectivity index (χ2n) is 2.79. The molecule has 0 fully saturated rings. The molecule has 0 aliphatic heterocycles. The molecule has 1 heterocycles. The van der Waals surface area contributed by atoms with E-state index < -0.39 is 0 Å². The van der Waals surface area contributed by atoms with E-state index in [1.165, 1.54) is 13.4 Å². The van der Waals surface area contributed by atoms with Crippen LogP contribution in [-0.2, 0) is 0 Å². The van der Waals surface area contributed by atoms with Gasteiger partial charge < -0.3 is 4.74 Å². The number of methoxy groups -OCH3 is 1. The smallest absolute Gasteiger partial charge is 0.150 e. The molecule has 0 amide bonds. The molecule has 15 heavy (non-hydrogen) atoms. The average molecular weight is 204 g/mol. The van der Waals surface area contributed by atoms with E-state index in [4.69, 9.17) is 4.74 Å². The van der Waals surface area contributed by atoms with Crippen molar-refractivity contribution in [3.63, 3.8) is 0 Å². The van der Waals surface area contributed by atoms with Gasteiger partial charge in [-0.05, 0) is 17.3 Å². The number of hydrogen-bond donors (Lipinski definition) is 0. The van der Waals surface area contributed by atoms with Crippen molar-refractivity contribution in [2.75, 3.05) is 7.11 Å². The summed E-state index contributed by atoms with van der Waals surface area (Å²) in [4.78, 5) is 14.2. The monoisotopic (exact) mass is 204 g/mol. The van der Waals surface area contributed by atoms with E-state index in [0.29, 0.717) is 5.75 Å². The maximum Gasteiger partial charge on any atom is 0.150 e. The van der Waals surface area contributed by atoms with Gasteiger partial charge in [-0.2, -0.15) is 5.10 Å². The summed E-state index contributed by atoms with van der Waals surface area (Å²) in [6.45, 7) is 0. The zero-order valence-electron chi connectivity index (χ0n) is 7.99. The lowest BCUT2D eigenvalue weighted by molar-refractivity contribution is 0.416. The zero-order valence-corrected chi connectivity index (χ0v) is 7.99. The molecule has 0 atom stereocenters. The van der Waals surface area contributed by atoms with Crippen LogP contribution in [0.2, 0.25) is 0 Å². The number of aromatic nitrogens is 3. The predicted molar refractivity (Wildman–Crippen MR) is 53.4 cm³/mol. The Morgan fingerprint density at radius 3 is 2.93 bits per heavy atom. The van der Waals surface area contributed by atoms with Crippen LogP contribution in [0.1, 0.15) is 0 Å². The Morgan fingerprint density at radius 1 is 1.47 bits per heavy atom. The normalized spacial score (nSPS) is 9.93. The van der Waals surface area contributed by atoms with E-state index >= 15 is 0 Å². The molecule has 0 spiro atoms. The average Bonchev–Trinajstić information content (AvgIpc) is 2.81. The van der Waals surface area contributed by atoms with Gasteiger partial charge in [0.25, 0.3) is 0 Å². The van der Waals surface area contributed by atoms with Crippen LogP contribution in [0.3, 0.4) is 0 Å². The molecule has 2 aromatic rings. The van der Waals surface area contributed by atoms with Crippen LogP contribution in [0.25, 0.3) is 5.69 Å². The van der Waals surface area contributed by atoms with Crippen molar-refractivity contribution in [3.05, 3.63) is 35.8 Å². The van der Waals surface area contributed by atoms with Crippen molar-refractivity contribution in [1.29, 1.82) is 0 Å². The number of hydrogen-bond acceptors (Lipinski definition) is 5. The minimum absolute atomic E-state index is 0.265. The van der Waals surface area contributed by atoms with Crippen LogP contribution >= 0.6 is 0 Å². The Bertz CT molecular complexity index is 467. The Morgan fingerprint density at radius 2 is 2.33 bits per heavy atom. The maximum atomic E-state index is 10.4. The number of ether oxygens (including phenoxy) is 1. The van der Waals surface area contributed by atoms with E-state index in [-0.39, 0.29) is 5.69 Å². The van der Waals surface area contributed by atoms with Gasteiger partial charge in [0.2, 0.25) is 0 Å². The quantitative estimate of drug-likeness (QED) is 0.713. The van der Waals surface area contributed by atoms with Crippen LogP contribution in [0.5, 0.6) is 5.75 Å². The van der Waals surface area contributed by atoms with Gasteiger partial charge in [0.05, 0.1) is 12.8 Å². The van der Waals surface area contributed by atoms with E-state index in [1.54, 1.807) is 29.2 Å². The van der Waals surface area contributed by atoms with Gasteiger partial charge in [-0.3, -0.25) is 0 Å². The number of nitroso groups, excluding NO2 is 1. The lowest BCUT2D eigenvalue weighted by Crippen LogP contribution is -1.94. The van der Waals surface area contributed by atoms with Gasteiger partial charge >= 0.3 is 0 Å².